The molecule has 0 radical (unpaired) electrons. The van der Waals surface area contributed by atoms with E-state index >= 15 is 0 Å². The first-order valence-electron chi connectivity index (χ1n) is 8.26. The van der Waals surface area contributed by atoms with Crippen molar-refractivity contribution in [2.24, 2.45) is 5.18 Å². The molecule has 1 unspecified atom stereocenters. The molecule has 2 aromatic rings. The molecule has 0 saturated heterocycles. The van der Waals surface area contributed by atoms with Crippen molar-refractivity contribution in [3.05, 3.63) is 40.9 Å². The zero-order chi connectivity index (χ0) is 18.6. The molecule has 6 nitrogen and oxygen atoms in total. The highest BCUT2D eigenvalue weighted by atomic mass is 32.2. The zero-order valence-electron chi connectivity index (χ0n) is 14.4. The summed E-state index contributed by atoms with van der Waals surface area (Å²) in [5.41, 5.74) is 0.250. The van der Waals surface area contributed by atoms with Crippen LogP contribution in [0.3, 0.4) is 0 Å². The monoisotopic (exact) mass is 369 g/mol. The van der Waals surface area contributed by atoms with Crippen molar-refractivity contribution in [3.8, 4) is 18.1 Å². The molecule has 7 heteroatoms. The third kappa shape index (κ3) is 3.81. The molecule has 26 heavy (non-hydrogen) atoms. The molecule has 1 aromatic carbocycles. The lowest BCUT2D eigenvalue weighted by atomic mass is 9.77. The van der Waals surface area contributed by atoms with Crippen LogP contribution in [0.25, 0.3) is 10.9 Å². The highest BCUT2D eigenvalue weighted by molar-refractivity contribution is 7.99. The van der Waals surface area contributed by atoms with Crippen LogP contribution in [0.5, 0.6) is 5.75 Å². The predicted molar refractivity (Wildman–Crippen MR) is 103 cm³/mol. The number of fused-ring (bicyclic) bond motifs is 1. The normalized spacial score (nSPS) is 16.2. The van der Waals surface area contributed by atoms with Crippen LogP contribution >= 0.6 is 11.8 Å². The summed E-state index contributed by atoms with van der Waals surface area (Å²) in [6.07, 6.45) is 11.4. The number of aromatic nitrogens is 1. The van der Waals surface area contributed by atoms with Crippen LogP contribution in [0.4, 0.5) is 0 Å². The second kappa shape index (κ2) is 7.75. The maximum atomic E-state index is 12.6. The summed E-state index contributed by atoms with van der Waals surface area (Å²) in [5.74, 6) is 2.85. The van der Waals surface area contributed by atoms with Gasteiger partial charge in [-0.15, -0.1) is 18.2 Å². The fourth-order valence-electron chi connectivity index (χ4n) is 2.96. The van der Waals surface area contributed by atoms with Gasteiger partial charge in [-0.1, -0.05) is 11.1 Å². The highest BCUT2D eigenvalue weighted by Gasteiger charge is 2.40. The third-order valence-corrected chi connectivity index (χ3v) is 5.30. The highest BCUT2D eigenvalue weighted by Crippen LogP contribution is 2.33. The Morgan fingerprint density at radius 3 is 2.92 bits per heavy atom. The lowest BCUT2D eigenvalue weighted by molar-refractivity contribution is -0.127. The van der Waals surface area contributed by atoms with E-state index in [1.165, 1.54) is 11.8 Å². The Morgan fingerprint density at radius 1 is 1.50 bits per heavy atom. The first-order valence-corrected chi connectivity index (χ1v) is 9.55. The van der Waals surface area contributed by atoms with Crippen molar-refractivity contribution in [2.75, 3.05) is 12.8 Å². The summed E-state index contributed by atoms with van der Waals surface area (Å²) in [4.78, 5) is 27.5. The van der Waals surface area contributed by atoms with E-state index < -0.39 is 11.0 Å². The Kier molecular flexibility index (Phi) is 5.43. The quantitative estimate of drug-likeness (QED) is 0.461. The maximum absolute atomic E-state index is 12.6. The molecule has 1 fully saturated rings. The number of benzene rings is 1. The lowest BCUT2D eigenvalue weighted by Gasteiger charge is -2.41. The van der Waals surface area contributed by atoms with E-state index in [0.717, 1.165) is 30.2 Å². The fourth-order valence-corrected chi connectivity index (χ4v) is 3.44. The number of hydrogen-bond donors (Lipinski definition) is 1. The predicted octanol–water partition coefficient (Wildman–Crippen LogP) is 3.09. The van der Waals surface area contributed by atoms with Gasteiger partial charge in [-0.2, -0.15) is 4.91 Å². The van der Waals surface area contributed by atoms with E-state index in [2.05, 4.69) is 21.4 Å². The van der Waals surface area contributed by atoms with Crippen molar-refractivity contribution >= 4 is 28.6 Å². The number of ether oxygens (including phenoxy) is 1. The van der Waals surface area contributed by atoms with Gasteiger partial charge in [-0.3, -0.25) is 9.78 Å². The second-order valence-electron chi connectivity index (χ2n) is 6.32. The third-order valence-electron chi connectivity index (χ3n) is 4.56. The molecule has 3 rings (SSSR count). The number of pyridine rings is 1. The number of hydrogen-bond acceptors (Lipinski definition) is 6. The number of amides is 1. The standard InChI is InChI=1S/C19H19N3O3S/c1-3-13-9-14-10-15(5-6-16(14)20-11-13)25-18(26-2)17(23)22-19(12-21-24)7-4-8-19/h1,5-6,9-11,18H,4,7-8,12H2,2H3,(H,22,23). The van der Waals surface area contributed by atoms with E-state index in [1.807, 2.05) is 18.2 Å². The van der Waals surface area contributed by atoms with Crippen LogP contribution in [0, 0.1) is 17.3 Å². The van der Waals surface area contributed by atoms with Gasteiger partial charge in [0.2, 0.25) is 5.44 Å². The molecular weight excluding hydrogens is 350 g/mol. The molecule has 1 aliphatic rings. The molecule has 1 aromatic heterocycles. The number of nitroso groups, excluding NO2 is 1. The number of carbonyl (C=O) groups excluding carboxylic acids is 1. The van der Waals surface area contributed by atoms with E-state index in [1.54, 1.807) is 18.5 Å². The first kappa shape index (κ1) is 18.2. The van der Waals surface area contributed by atoms with Gasteiger partial charge in [0, 0.05) is 17.1 Å². The summed E-state index contributed by atoms with van der Waals surface area (Å²) in [7, 11) is 0. The van der Waals surface area contributed by atoms with Gasteiger partial charge in [0.1, 0.15) is 12.3 Å². The summed E-state index contributed by atoms with van der Waals surface area (Å²) >= 11 is 1.29. The smallest absolute Gasteiger partial charge is 0.272 e. The van der Waals surface area contributed by atoms with E-state index in [-0.39, 0.29) is 12.5 Å². The van der Waals surface area contributed by atoms with Crippen molar-refractivity contribution in [1.82, 2.24) is 10.3 Å². The number of nitrogens with zero attached hydrogens (tertiary/aromatic N) is 2. The van der Waals surface area contributed by atoms with Gasteiger partial charge < -0.3 is 10.1 Å². The maximum Gasteiger partial charge on any atom is 0.272 e. The summed E-state index contributed by atoms with van der Waals surface area (Å²) in [6, 6.07) is 7.26. The minimum Gasteiger partial charge on any atom is -0.470 e. The number of terminal acetylenes is 1. The molecule has 1 amide bonds. The van der Waals surface area contributed by atoms with Gasteiger partial charge in [0.15, 0.2) is 0 Å². The summed E-state index contributed by atoms with van der Waals surface area (Å²) in [6.45, 7) is 0.0936. The molecule has 0 spiro atoms. The molecule has 134 valence electrons. The summed E-state index contributed by atoms with van der Waals surface area (Å²) in [5, 5.41) is 6.75. The Morgan fingerprint density at radius 2 is 2.31 bits per heavy atom. The van der Waals surface area contributed by atoms with Crippen molar-refractivity contribution in [3.63, 3.8) is 0 Å². The average Bonchev–Trinajstić information content (AvgIpc) is 2.63. The van der Waals surface area contributed by atoms with Crippen LogP contribution in [0.2, 0.25) is 0 Å². The van der Waals surface area contributed by atoms with Crippen LogP contribution < -0.4 is 10.1 Å². The number of rotatable bonds is 7. The van der Waals surface area contributed by atoms with Crippen LogP contribution in [-0.2, 0) is 4.79 Å². The Labute approximate surface area is 156 Å². The Bertz CT molecular complexity index is 874. The van der Waals surface area contributed by atoms with Gasteiger partial charge in [0.05, 0.1) is 11.1 Å². The molecule has 1 saturated carbocycles. The largest absolute Gasteiger partial charge is 0.470 e. The van der Waals surface area contributed by atoms with E-state index in [9.17, 15) is 9.70 Å². The Hall–Kier alpha value is -2.59. The van der Waals surface area contributed by atoms with Gasteiger partial charge in [-0.05, 0) is 49.8 Å². The molecule has 1 aliphatic carbocycles. The van der Waals surface area contributed by atoms with E-state index in [0.29, 0.717) is 11.3 Å². The van der Waals surface area contributed by atoms with Crippen molar-refractivity contribution < 1.29 is 9.53 Å². The molecule has 1 heterocycles. The van der Waals surface area contributed by atoms with Crippen LogP contribution in [-0.4, -0.2) is 34.7 Å². The topological polar surface area (TPSA) is 80.7 Å². The number of nitrogens with one attached hydrogen (secondary N) is 1. The van der Waals surface area contributed by atoms with Gasteiger partial charge in [0.25, 0.3) is 5.91 Å². The van der Waals surface area contributed by atoms with Crippen molar-refractivity contribution in [1.29, 1.82) is 0 Å². The molecule has 0 aliphatic heterocycles. The Balaban J connectivity index is 1.75. The molecular formula is C19H19N3O3S. The number of thioether (sulfide) groups is 1. The average molecular weight is 369 g/mol. The SMILES string of the molecule is C#Cc1cnc2ccc(OC(SC)C(=O)NC3(CN=O)CCC3)cc2c1. The minimum atomic E-state index is -0.722. The van der Waals surface area contributed by atoms with E-state index in [4.69, 9.17) is 11.2 Å². The van der Waals surface area contributed by atoms with Gasteiger partial charge in [-0.25, -0.2) is 0 Å². The minimum absolute atomic E-state index is 0.0936. The van der Waals surface area contributed by atoms with Crippen molar-refractivity contribution in [2.45, 2.75) is 30.2 Å². The zero-order valence-corrected chi connectivity index (χ0v) is 15.2. The van der Waals surface area contributed by atoms with Crippen LogP contribution in [0.1, 0.15) is 24.8 Å². The fraction of sp³-hybridized carbons (Fsp3) is 0.368. The molecule has 1 atom stereocenters. The number of carbonyl (C=O) groups is 1. The molecule has 1 N–H and O–H groups in total. The first-order chi connectivity index (χ1) is 12.6. The summed E-state index contributed by atoms with van der Waals surface area (Å²) < 4.78 is 5.86. The van der Waals surface area contributed by atoms with Crippen LogP contribution in [0.15, 0.2) is 35.6 Å². The van der Waals surface area contributed by atoms with Gasteiger partial charge >= 0.3 is 0 Å². The second-order valence-corrected chi connectivity index (χ2v) is 7.22. The lowest BCUT2D eigenvalue weighted by Crippen LogP contribution is -2.58. The molecule has 0 bridgehead atoms.